The molecule has 0 radical (unpaired) electrons. The van der Waals surface area contributed by atoms with Gasteiger partial charge in [-0.3, -0.25) is 9.66 Å². The van der Waals surface area contributed by atoms with E-state index < -0.39 is 6.09 Å². The van der Waals surface area contributed by atoms with Gasteiger partial charge >= 0.3 is 6.09 Å². The molecule has 0 saturated carbocycles. The molecule has 2 N–H and O–H groups in total. The first-order valence-corrected chi connectivity index (χ1v) is 10.5. The molecule has 0 bridgehead atoms. The Hall–Kier alpha value is -3.87. The van der Waals surface area contributed by atoms with Crippen LogP contribution in [0.25, 0.3) is 10.9 Å². The summed E-state index contributed by atoms with van der Waals surface area (Å²) in [6.45, 7) is 3.10. The third kappa shape index (κ3) is 5.24. The zero-order valence-electron chi connectivity index (χ0n) is 17.8. The van der Waals surface area contributed by atoms with Gasteiger partial charge in [0.1, 0.15) is 11.6 Å². The number of halogens is 1. The highest BCUT2D eigenvalue weighted by molar-refractivity contribution is 5.86. The normalized spacial score (nSPS) is 10.8. The maximum absolute atomic E-state index is 13.7. The molecular formula is C25H25FN4O2. The van der Waals surface area contributed by atoms with Crippen molar-refractivity contribution in [3.8, 4) is 5.75 Å². The Morgan fingerprint density at radius 2 is 2.00 bits per heavy atom. The van der Waals surface area contributed by atoms with Crippen molar-refractivity contribution in [2.24, 2.45) is 0 Å². The van der Waals surface area contributed by atoms with Crippen molar-refractivity contribution in [1.82, 2.24) is 15.0 Å². The van der Waals surface area contributed by atoms with E-state index in [1.165, 1.54) is 6.20 Å². The number of nitrogens with one attached hydrogen (secondary N) is 2. The van der Waals surface area contributed by atoms with Gasteiger partial charge in [-0.25, -0.2) is 9.18 Å². The molecule has 1 amide bonds. The SMILES string of the molecule is Cc1cn(NCCCc2ccncc2F)c2ccc(OC(=O)NCc3ccccc3)cc12. The lowest BCUT2D eigenvalue weighted by atomic mass is 10.1. The van der Waals surface area contributed by atoms with Crippen LogP contribution in [-0.4, -0.2) is 22.3 Å². The maximum Gasteiger partial charge on any atom is 0.412 e. The number of benzene rings is 2. The Kier molecular flexibility index (Phi) is 6.65. The zero-order chi connectivity index (χ0) is 22.3. The quantitative estimate of drug-likeness (QED) is 0.387. The van der Waals surface area contributed by atoms with Crippen LogP contribution < -0.4 is 15.5 Å². The molecule has 0 aliphatic rings. The summed E-state index contributed by atoms with van der Waals surface area (Å²) in [5.41, 5.74) is 7.07. The van der Waals surface area contributed by atoms with Gasteiger partial charge in [0, 0.05) is 30.9 Å². The van der Waals surface area contributed by atoms with Crippen LogP contribution in [0, 0.1) is 12.7 Å². The second-order valence-corrected chi connectivity index (χ2v) is 7.57. The highest BCUT2D eigenvalue weighted by atomic mass is 19.1. The number of ether oxygens (including phenoxy) is 1. The van der Waals surface area contributed by atoms with Gasteiger partial charge in [-0.05, 0) is 60.7 Å². The van der Waals surface area contributed by atoms with E-state index in [1.54, 1.807) is 18.3 Å². The molecule has 2 aromatic heterocycles. The van der Waals surface area contributed by atoms with Crippen LogP contribution in [0.2, 0.25) is 0 Å². The Morgan fingerprint density at radius 3 is 2.81 bits per heavy atom. The summed E-state index contributed by atoms with van der Waals surface area (Å²) in [5, 5.41) is 3.75. The lowest BCUT2D eigenvalue weighted by Crippen LogP contribution is -2.26. The van der Waals surface area contributed by atoms with E-state index in [4.69, 9.17) is 4.74 Å². The largest absolute Gasteiger partial charge is 0.412 e. The van der Waals surface area contributed by atoms with Crippen LogP contribution in [0.15, 0.2) is 73.2 Å². The Balaban J connectivity index is 1.34. The average Bonchev–Trinajstić information content (AvgIpc) is 3.12. The first-order chi connectivity index (χ1) is 15.6. The summed E-state index contributed by atoms with van der Waals surface area (Å²) >= 11 is 0. The number of aryl methyl sites for hydroxylation is 2. The fraction of sp³-hybridized carbons (Fsp3) is 0.200. The van der Waals surface area contributed by atoms with E-state index in [9.17, 15) is 9.18 Å². The van der Waals surface area contributed by atoms with Crippen LogP contribution in [0.1, 0.15) is 23.1 Å². The summed E-state index contributed by atoms with van der Waals surface area (Å²) in [6, 6.07) is 16.9. The van der Waals surface area contributed by atoms with Crippen molar-refractivity contribution in [2.45, 2.75) is 26.3 Å². The first-order valence-electron chi connectivity index (χ1n) is 10.5. The van der Waals surface area contributed by atoms with Gasteiger partial charge in [0.15, 0.2) is 0 Å². The molecule has 2 heterocycles. The third-order valence-electron chi connectivity index (χ3n) is 5.23. The highest BCUT2D eigenvalue weighted by Gasteiger charge is 2.10. The number of amides is 1. The molecule has 0 aliphatic carbocycles. The van der Waals surface area contributed by atoms with Gasteiger partial charge < -0.3 is 15.5 Å². The van der Waals surface area contributed by atoms with Crippen LogP contribution in [0.5, 0.6) is 5.75 Å². The van der Waals surface area contributed by atoms with E-state index in [2.05, 4.69) is 15.7 Å². The Morgan fingerprint density at radius 1 is 1.16 bits per heavy atom. The number of carbonyl (C=O) groups excluding carboxylic acids is 1. The molecule has 2 aromatic carbocycles. The van der Waals surface area contributed by atoms with Gasteiger partial charge in [-0.2, -0.15) is 0 Å². The van der Waals surface area contributed by atoms with Gasteiger partial charge in [-0.1, -0.05) is 30.3 Å². The number of fused-ring (bicyclic) bond motifs is 1. The average molecular weight is 432 g/mol. The number of hydrogen-bond donors (Lipinski definition) is 2. The molecule has 0 spiro atoms. The molecule has 6 nitrogen and oxygen atoms in total. The number of rotatable bonds is 8. The summed E-state index contributed by atoms with van der Waals surface area (Å²) in [5.74, 6) is 0.215. The Labute approximate surface area is 186 Å². The summed E-state index contributed by atoms with van der Waals surface area (Å²) < 4.78 is 21.1. The standard InChI is InChI=1S/C25H25FN4O2/c1-18-17-30(29-12-5-8-20-11-13-27-16-23(20)26)24-10-9-21(14-22(18)24)32-25(31)28-15-19-6-3-2-4-7-19/h2-4,6-7,9-11,13-14,16-17,29H,5,8,12,15H2,1H3,(H,28,31). The van der Waals surface area contributed by atoms with E-state index in [-0.39, 0.29) is 5.82 Å². The molecule has 4 aromatic rings. The fourth-order valence-corrected chi connectivity index (χ4v) is 3.57. The number of carbonyl (C=O) groups is 1. The Bertz CT molecular complexity index is 1210. The molecule has 164 valence electrons. The minimum Gasteiger partial charge on any atom is -0.410 e. The molecule has 32 heavy (non-hydrogen) atoms. The lowest BCUT2D eigenvalue weighted by Gasteiger charge is -2.10. The van der Waals surface area contributed by atoms with E-state index in [0.717, 1.165) is 28.5 Å². The minimum absolute atomic E-state index is 0.268. The third-order valence-corrected chi connectivity index (χ3v) is 5.23. The second-order valence-electron chi connectivity index (χ2n) is 7.57. The van der Waals surface area contributed by atoms with Gasteiger partial charge in [0.05, 0.1) is 11.7 Å². The number of aromatic nitrogens is 2. The molecule has 0 unspecified atom stereocenters. The van der Waals surface area contributed by atoms with Crippen molar-refractivity contribution in [1.29, 1.82) is 0 Å². The van der Waals surface area contributed by atoms with Crippen LogP contribution >= 0.6 is 0 Å². The van der Waals surface area contributed by atoms with Gasteiger partial charge in [0.25, 0.3) is 0 Å². The zero-order valence-corrected chi connectivity index (χ0v) is 17.8. The fourth-order valence-electron chi connectivity index (χ4n) is 3.57. The van der Waals surface area contributed by atoms with Crippen molar-refractivity contribution >= 4 is 17.0 Å². The molecule has 0 aliphatic heterocycles. The van der Waals surface area contributed by atoms with Crippen LogP contribution in [0.4, 0.5) is 9.18 Å². The van der Waals surface area contributed by atoms with Crippen molar-refractivity contribution < 1.29 is 13.9 Å². The van der Waals surface area contributed by atoms with E-state index in [1.807, 2.05) is 60.3 Å². The number of hydrogen-bond acceptors (Lipinski definition) is 4. The molecule has 0 fully saturated rings. The predicted octanol–water partition coefficient (Wildman–Crippen LogP) is 4.95. The highest BCUT2D eigenvalue weighted by Crippen LogP contribution is 2.25. The molecule has 4 rings (SSSR count). The van der Waals surface area contributed by atoms with Crippen molar-refractivity contribution in [3.05, 3.63) is 95.7 Å². The monoisotopic (exact) mass is 432 g/mol. The summed E-state index contributed by atoms with van der Waals surface area (Å²) in [7, 11) is 0. The second kappa shape index (κ2) is 9.96. The summed E-state index contributed by atoms with van der Waals surface area (Å²) in [6.07, 6.45) is 5.77. The van der Waals surface area contributed by atoms with Gasteiger partial charge in [0.2, 0.25) is 0 Å². The lowest BCUT2D eigenvalue weighted by molar-refractivity contribution is 0.200. The topological polar surface area (TPSA) is 68.2 Å². The smallest absolute Gasteiger partial charge is 0.410 e. The number of nitrogens with zero attached hydrogens (tertiary/aromatic N) is 2. The van der Waals surface area contributed by atoms with Crippen molar-refractivity contribution in [2.75, 3.05) is 12.0 Å². The molecule has 0 atom stereocenters. The predicted molar refractivity (Wildman–Crippen MR) is 123 cm³/mol. The first kappa shape index (κ1) is 21.4. The van der Waals surface area contributed by atoms with Crippen molar-refractivity contribution in [3.63, 3.8) is 0 Å². The van der Waals surface area contributed by atoms with Gasteiger partial charge in [-0.15, -0.1) is 0 Å². The van der Waals surface area contributed by atoms with Crippen LogP contribution in [0.3, 0.4) is 0 Å². The molecule has 0 saturated heterocycles. The van der Waals surface area contributed by atoms with E-state index >= 15 is 0 Å². The minimum atomic E-state index is -0.494. The molecule has 7 heteroatoms. The maximum atomic E-state index is 13.7. The van der Waals surface area contributed by atoms with Crippen LogP contribution in [-0.2, 0) is 13.0 Å². The molecular weight excluding hydrogens is 407 g/mol. The van der Waals surface area contributed by atoms with E-state index in [0.29, 0.717) is 30.8 Å². The number of pyridine rings is 1. The summed E-state index contributed by atoms with van der Waals surface area (Å²) in [4.78, 5) is 15.9.